The van der Waals surface area contributed by atoms with Crippen LogP contribution in [-0.4, -0.2) is 33.5 Å². The van der Waals surface area contributed by atoms with E-state index in [1.165, 1.54) is 0 Å². The van der Waals surface area contributed by atoms with Gasteiger partial charge in [-0.05, 0) is 36.6 Å². The minimum absolute atomic E-state index is 0.138. The minimum atomic E-state index is -0.272. The van der Waals surface area contributed by atoms with Crippen molar-refractivity contribution in [2.75, 3.05) is 6.54 Å². The first-order valence-corrected chi connectivity index (χ1v) is 11.0. The predicted molar refractivity (Wildman–Crippen MR) is 122 cm³/mol. The number of benzene rings is 1. The highest BCUT2D eigenvalue weighted by atomic mass is 16.5. The third-order valence-electron chi connectivity index (χ3n) is 5.63. The molecule has 0 saturated heterocycles. The number of carbonyl (C=O) groups is 2. The molecule has 0 unspecified atom stereocenters. The van der Waals surface area contributed by atoms with Crippen LogP contribution in [0.5, 0.6) is 0 Å². The standard InChI is InChI=1S/C25H23N5O3/c31-21(28-15-16-8-11-26-12-9-16)10-13-27-24(32)19-14-20(17-6-7-17)29-25-22(19)23(30-33-25)18-4-2-1-3-5-18/h1-5,8-9,11-12,14,17H,6-7,10,13,15H2,(H,27,32)(H,28,31). The molecule has 0 bridgehead atoms. The van der Waals surface area contributed by atoms with E-state index in [0.29, 0.717) is 34.8 Å². The molecule has 1 aliphatic rings. The highest BCUT2D eigenvalue weighted by Crippen LogP contribution is 2.41. The van der Waals surface area contributed by atoms with Crippen LogP contribution >= 0.6 is 0 Å². The molecule has 0 atom stereocenters. The Hall–Kier alpha value is -4.07. The van der Waals surface area contributed by atoms with E-state index in [9.17, 15) is 9.59 Å². The smallest absolute Gasteiger partial charge is 0.259 e. The van der Waals surface area contributed by atoms with Crippen LogP contribution in [0.25, 0.3) is 22.4 Å². The normalized spacial score (nSPS) is 13.1. The maximum Gasteiger partial charge on any atom is 0.259 e. The summed E-state index contributed by atoms with van der Waals surface area (Å²) in [6, 6.07) is 15.1. The minimum Gasteiger partial charge on any atom is -0.352 e. The van der Waals surface area contributed by atoms with Gasteiger partial charge in [0.05, 0.1) is 10.9 Å². The Morgan fingerprint density at radius 3 is 2.58 bits per heavy atom. The molecule has 166 valence electrons. The first kappa shape index (κ1) is 20.8. The molecule has 1 fully saturated rings. The van der Waals surface area contributed by atoms with Gasteiger partial charge in [0, 0.05) is 49.1 Å². The maximum atomic E-state index is 13.1. The average molecular weight is 441 g/mol. The quantitative estimate of drug-likeness (QED) is 0.432. The van der Waals surface area contributed by atoms with E-state index < -0.39 is 0 Å². The van der Waals surface area contributed by atoms with Gasteiger partial charge in [0.15, 0.2) is 0 Å². The van der Waals surface area contributed by atoms with E-state index in [2.05, 4.69) is 25.8 Å². The molecule has 0 radical (unpaired) electrons. The summed E-state index contributed by atoms with van der Waals surface area (Å²) in [5, 5.41) is 10.5. The Morgan fingerprint density at radius 2 is 1.82 bits per heavy atom. The van der Waals surface area contributed by atoms with Gasteiger partial charge in [-0.25, -0.2) is 4.98 Å². The third kappa shape index (κ3) is 4.74. The molecule has 0 aliphatic heterocycles. The van der Waals surface area contributed by atoms with Crippen molar-refractivity contribution < 1.29 is 14.1 Å². The lowest BCUT2D eigenvalue weighted by atomic mass is 10.0. The second-order valence-electron chi connectivity index (χ2n) is 8.08. The number of aromatic nitrogens is 3. The van der Waals surface area contributed by atoms with Gasteiger partial charge < -0.3 is 15.2 Å². The molecule has 2 amide bonds. The molecule has 5 rings (SSSR count). The fourth-order valence-electron chi connectivity index (χ4n) is 3.70. The van der Waals surface area contributed by atoms with Crippen LogP contribution in [-0.2, 0) is 11.3 Å². The van der Waals surface area contributed by atoms with Crippen LogP contribution in [0.1, 0.15) is 46.8 Å². The van der Waals surface area contributed by atoms with E-state index in [0.717, 1.165) is 29.7 Å². The third-order valence-corrected chi connectivity index (χ3v) is 5.63. The van der Waals surface area contributed by atoms with Gasteiger partial charge in [0.25, 0.3) is 11.6 Å². The van der Waals surface area contributed by atoms with Crippen molar-refractivity contribution in [2.45, 2.75) is 31.7 Å². The van der Waals surface area contributed by atoms with Crippen molar-refractivity contribution in [1.82, 2.24) is 25.8 Å². The summed E-state index contributed by atoms with van der Waals surface area (Å²) in [4.78, 5) is 33.9. The number of nitrogens with zero attached hydrogens (tertiary/aromatic N) is 3. The Bertz CT molecular complexity index is 1280. The number of hydrogen-bond donors (Lipinski definition) is 2. The van der Waals surface area contributed by atoms with Gasteiger partial charge in [-0.3, -0.25) is 14.6 Å². The van der Waals surface area contributed by atoms with Crippen molar-refractivity contribution in [1.29, 1.82) is 0 Å². The lowest BCUT2D eigenvalue weighted by Gasteiger charge is -2.09. The number of nitrogens with one attached hydrogen (secondary N) is 2. The second kappa shape index (κ2) is 9.20. The Balaban J connectivity index is 1.31. The monoisotopic (exact) mass is 441 g/mol. The largest absolute Gasteiger partial charge is 0.352 e. The highest BCUT2D eigenvalue weighted by molar-refractivity contribution is 6.09. The highest BCUT2D eigenvalue weighted by Gasteiger charge is 2.29. The van der Waals surface area contributed by atoms with Crippen LogP contribution in [0, 0.1) is 0 Å². The van der Waals surface area contributed by atoms with Crippen LogP contribution in [0.4, 0.5) is 0 Å². The summed E-state index contributed by atoms with van der Waals surface area (Å²) in [6.07, 6.45) is 5.65. The molecule has 4 aromatic rings. The summed E-state index contributed by atoms with van der Waals surface area (Å²) in [5.74, 6) is -0.0580. The van der Waals surface area contributed by atoms with Crippen molar-refractivity contribution >= 4 is 22.9 Å². The van der Waals surface area contributed by atoms with Gasteiger partial charge >= 0.3 is 0 Å². The van der Waals surface area contributed by atoms with E-state index >= 15 is 0 Å². The second-order valence-corrected chi connectivity index (χ2v) is 8.08. The van der Waals surface area contributed by atoms with Crippen molar-refractivity contribution in [3.63, 3.8) is 0 Å². The van der Waals surface area contributed by atoms with Crippen LogP contribution in [0.3, 0.4) is 0 Å². The van der Waals surface area contributed by atoms with Gasteiger partial charge in [0.2, 0.25) is 5.91 Å². The molecule has 3 heterocycles. The van der Waals surface area contributed by atoms with E-state index in [1.807, 2.05) is 48.5 Å². The van der Waals surface area contributed by atoms with Crippen LogP contribution < -0.4 is 10.6 Å². The maximum absolute atomic E-state index is 13.1. The summed E-state index contributed by atoms with van der Waals surface area (Å²) in [6.45, 7) is 0.641. The molecular weight excluding hydrogens is 418 g/mol. The first-order chi connectivity index (χ1) is 16.2. The fraction of sp³-hybridized carbons (Fsp3) is 0.240. The summed E-state index contributed by atoms with van der Waals surface area (Å²) in [5.41, 5.74) is 4.08. The average Bonchev–Trinajstić information content (AvgIpc) is 3.62. The summed E-state index contributed by atoms with van der Waals surface area (Å²) < 4.78 is 5.52. The van der Waals surface area contributed by atoms with Gasteiger partial charge in [-0.15, -0.1) is 0 Å². The topological polar surface area (TPSA) is 110 Å². The van der Waals surface area contributed by atoms with E-state index in [4.69, 9.17) is 4.52 Å². The predicted octanol–water partition coefficient (Wildman–Crippen LogP) is 3.60. The number of fused-ring (bicyclic) bond motifs is 1. The van der Waals surface area contributed by atoms with Crippen molar-refractivity contribution in [3.8, 4) is 11.3 Å². The zero-order valence-corrected chi connectivity index (χ0v) is 18.0. The molecule has 8 nitrogen and oxygen atoms in total. The SMILES string of the molecule is O=C(CCNC(=O)c1cc(C2CC2)nc2onc(-c3ccccc3)c12)NCc1ccncc1. The van der Waals surface area contributed by atoms with Crippen LogP contribution in [0.2, 0.25) is 0 Å². The van der Waals surface area contributed by atoms with Gasteiger partial charge in [-0.1, -0.05) is 35.5 Å². The molecule has 33 heavy (non-hydrogen) atoms. The van der Waals surface area contributed by atoms with Gasteiger partial charge in [-0.2, -0.15) is 0 Å². The molecule has 8 heteroatoms. The van der Waals surface area contributed by atoms with Gasteiger partial charge in [0.1, 0.15) is 5.69 Å². The first-order valence-electron chi connectivity index (χ1n) is 11.0. The molecule has 0 spiro atoms. The zero-order valence-electron chi connectivity index (χ0n) is 18.0. The zero-order chi connectivity index (χ0) is 22.6. The van der Waals surface area contributed by atoms with Crippen molar-refractivity contribution in [3.05, 3.63) is 77.7 Å². The molecule has 1 aliphatic carbocycles. The lowest BCUT2D eigenvalue weighted by molar-refractivity contribution is -0.121. The Morgan fingerprint density at radius 1 is 1.03 bits per heavy atom. The lowest BCUT2D eigenvalue weighted by Crippen LogP contribution is -2.30. The fourth-order valence-corrected chi connectivity index (χ4v) is 3.70. The molecular formula is C25H23N5O3. The number of amides is 2. The number of carbonyl (C=O) groups excluding carboxylic acids is 2. The molecule has 1 aromatic carbocycles. The van der Waals surface area contributed by atoms with Crippen molar-refractivity contribution in [2.24, 2.45) is 0 Å². The van der Waals surface area contributed by atoms with E-state index in [-0.39, 0.29) is 24.8 Å². The number of pyridine rings is 2. The summed E-state index contributed by atoms with van der Waals surface area (Å²) >= 11 is 0. The van der Waals surface area contributed by atoms with E-state index in [1.54, 1.807) is 12.4 Å². The number of rotatable bonds is 8. The summed E-state index contributed by atoms with van der Waals surface area (Å²) in [7, 11) is 0. The molecule has 3 aromatic heterocycles. The Kier molecular flexibility index (Phi) is 5.80. The number of hydrogen-bond acceptors (Lipinski definition) is 6. The molecule has 1 saturated carbocycles. The Labute approximate surface area is 190 Å². The van der Waals surface area contributed by atoms with Crippen LogP contribution in [0.15, 0.2) is 65.4 Å². The molecule has 2 N–H and O–H groups in total.